The number of amides is 6. The molecule has 0 saturated carbocycles. The zero-order chi connectivity index (χ0) is 37.2. The van der Waals surface area contributed by atoms with Crippen molar-refractivity contribution in [1.82, 2.24) is 25.5 Å². The van der Waals surface area contributed by atoms with E-state index >= 15 is 0 Å². The van der Waals surface area contributed by atoms with Gasteiger partial charge in [0.2, 0.25) is 23.6 Å². The van der Waals surface area contributed by atoms with Gasteiger partial charge in [-0.05, 0) is 56.5 Å². The van der Waals surface area contributed by atoms with Crippen LogP contribution >= 0.6 is 23.4 Å². The van der Waals surface area contributed by atoms with Crippen LogP contribution in [0.2, 0.25) is 5.02 Å². The van der Waals surface area contributed by atoms with E-state index in [-0.39, 0.29) is 53.4 Å². The maximum atomic E-state index is 13.0. The highest BCUT2D eigenvalue weighted by Crippen LogP contribution is 2.39. The Hall–Kier alpha value is -5.26. The maximum absolute atomic E-state index is 13.0. The molecule has 272 valence electrons. The first-order valence-corrected chi connectivity index (χ1v) is 17.8. The zero-order valence-electron chi connectivity index (χ0n) is 28.2. The Kier molecular flexibility index (Phi) is 10.6. The summed E-state index contributed by atoms with van der Waals surface area (Å²) in [6.45, 7) is 3.95. The number of carbonyl (C=O) groups is 6. The van der Waals surface area contributed by atoms with Crippen molar-refractivity contribution < 1.29 is 28.8 Å². The molecule has 0 spiro atoms. The number of hydrogen-bond acceptors (Lipinski definition) is 13. The highest BCUT2D eigenvalue weighted by molar-refractivity contribution is 7.99. The largest absolute Gasteiger partial charge is 0.383 e. The average molecular weight is 749 g/mol. The van der Waals surface area contributed by atoms with Crippen molar-refractivity contribution in [2.24, 2.45) is 5.73 Å². The number of fused-ring (bicyclic) bond motifs is 1. The Morgan fingerprint density at radius 3 is 2.54 bits per heavy atom. The third-order valence-corrected chi connectivity index (χ3v) is 10.5. The fraction of sp³-hybridized carbons (Fsp3) is 0.353. The number of nitrogen functional groups attached to an aromatic ring is 1. The van der Waals surface area contributed by atoms with E-state index in [4.69, 9.17) is 23.1 Å². The molecule has 3 aliphatic heterocycles. The van der Waals surface area contributed by atoms with Gasteiger partial charge in [0.15, 0.2) is 5.82 Å². The number of anilines is 4. The molecule has 8 N–H and O–H groups in total. The van der Waals surface area contributed by atoms with Crippen molar-refractivity contribution in [2.45, 2.75) is 60.5 Å². The van der Waals surface area contributed by atoms with Gasteiger partial charge in [-0.2, -0.15) is 0 Å². The molecular formula is C34H37ClN10O6S. The molecule has 4 heterocycles. The van der Waals surface area contributed by atoms with Crippen molar-refractivity contribution in [1.29, 1.82) is 0 Å². The van der Waals surface area contributed by atoms with Crippen LogP contribution in [0, 0.1) is 0 Å². The van der Waals surface area contributed by atoms with E-state index < -0.39 is 47.9 Å². The number of nitrogens with two attached hydrogens (primary N) is 2. The van der Waals surface area contributed by atoms with Gasteiger partial charge in [0.05, 0.1) is 28.0 Å². The topological polar surface area (TPSA) is 235 Å². The maximum Gasteiger partial charge on any atom is 0.262 e. The van der Waals surface area contributed by atoms with Gasteiger partial charge in [-0.1, -0.05) is 29.4 Å². The first-order valence-electron chi connectivity index (χ1n) is 16.6. The van der Waals surface area contributed by atoms with Gasteiger partial charge in [0, 0.05) is 48.7 Å². The van der Waals surface area contributed by atoms with Crippen LogP contribution in [-0.2, 0) is 19.2 Å². The smallest absolute Gasteiger partial charge is 0.262 e. The van der Waals surface area contributed by atoms with Crippen LogP contribution in [0.1, 0.15) is 59.7 Å². The Morgan fingerprint density at radius 1 is 1.06 bits per heavy atom. The molecule has 16 nitrogen and oxygen atoms in total. The van der Waals surface area contributed by atoms with Crippen LogP contribution in [0.15, 0.2) is 52.5 Å². The number of piperidine rings is 2. The summed E-state index contributed by atoms with van der Waals surface area (Å²) in [6, 6.07) is 8.61. The summed E-state index contributed by atoms with van der Waals surface area (Å²) >= 11 is 7.82. The molecule has 1 aromatic heterocycles. The van der Waals surface area contributed by atoms with Crippen LogP contribution in [0.4, 0.5) is 23.0 Å². The first kappa shape index (κ1) is 36.5. The van der Waals surface area contributed by atoms with Gasteiger partial charge in [0.25, 0.3) is 11.8 Å². The molecule has 6 rings (SSSR count). The van der Waals surface area contributed by atoms with Gasteiger partial charge in [-0.3, -0.25) is 39.0 Å². The van der Waals surface area contributed by atoms with E-state index in [2.05, 4.69) is 36.1 Å². The zero-order valence-corrected chi connectivity index (χ0v) is 29.7. The number of nitrogens with zero attached hydrogens (tertiary/aromatic N) is 4. The van der Waals surface area contributed by atoms with E-state index in [1.165, 1.54) is 23.9 Å². The summed E-state index contributed by atoms with van der Waals surface area (Å²) in [5.41, 5.74) is 13.4. The molecule has 3 aliphatic rings. The molecule has 6 amide bonds. The normalized spacial score (nSPS) is 18.2. The fourth-order valence-corrected chi connectivity index (χ4v) is 7.14. The summed E-state index contributed by atoms with van der Waals surface area (Å²) in [5.74, 6) is -2.53. The van der Waals surface area contributed by atoms with E-state index in [9.17, 15) is 28.8 Å². The van der Waals surface area contributed by atoms with Gasteiger partial charge < -0.3 is 32.3 Å². The Morgan fingerprint density at radius 2 is 1.81 bits per heavy atom. The molecular weight excluding hydrogens is 712 g/mol. The molecule has 1 atom stereocenters. The van der Waals surface area contributed by atoms with Crippen LogP contribution in [-0.4, -0.2) is 88.1 Å². The molecule has 2 fully saturated rings. The molecule has 0 aliphatic carbocycles. The lowest BCUT2D eigenvalue weighted by Gasteiger charge is -2.37. The summed E-state index contributed by atoms with van der Waals surface area (Å²) in [6.07, 6.45) is 2.96. The second-order valence-electron chi connectivity index (χ2n) is 13.0. The molecule has 3 aromatic rings. The minimum absolute atomic E-state index is 0.0291. The third-order valence-electron chi connectivity index (χ3n) is 8.96. The predicted molar refractivity (Wildman–Crippen MR) is 194 cm³/mol. The van der Waals surface area contributed by atoms with E-state index in [1.807, 2.05) is 6.92 Å². The predicted octanol–water partition coefficient (Wildman–Crippen LogP) is 2.14. The number of nitrogens with one attached hydrogen (secondary N) is 4. The minimum Gasteiger partial charge on any atom is -0.383 e. The minimum atomic E-state index is -1.06. The molecule has 2 aromatic carbocycles. The van der Waals surface area contributed by atoms with Crippen molar-refractivity contribution in [3.63, 3.8) is 0 Å². The summed E-state index contributed by atoms with van der Waals surface area (Å²) in [7, 11) is 0. The summed E-state index contributed by atoms with van der Waals surface area (Å²) in [4.78, 5) is 87.6. The Balaban J connectivity index is 0.962. The monoisotopic (exact) mass is 748 g/mol. The van der Waals surface area contributed by atoms with Crippen LogP contribution < -0.4 is 37.6 Å². The van der Waals surface area contributed by atoms with Crippen molar-refractivity contribution in [3.05, 3.63) is 58.7 Å². The standard InChI is InChI=1S/C34H37ClN10O6S/c1-34(37)9-13-44(14-10-34)24-17-40-31(29(36)42-24)52-23-4-2-3-21(28(23)35)41-27(48)16-26(47)39-12-11-38-18-5-6-19-20(15-18)33(51)45(32(19)50)22-7-8-25(46)43-30(22)49/h2-6,15,17,22,38H,7-14,16,37H2,1H3,(H2,36,42)(H,39,47)(H,41,48)(H,43,46,49). The number of rotatable bonds is 11. The number of hydrogen-bond donors (Lipinski definition) is 6. The highest BCUT2D eigenvalue weighted by atomic mass is 35.5. The van der Waals surface area contributed by atoms with Gasteiger partial charge in [-0.15, -0.1) is 0 Å². The van der Waals surface area contributed by atoms with Crippen LogP contribution in [0.3, 0.4) is 0 Å². The summed E-state index contributed by atoms with van der Waals surface area (Å²) < 4.78 is 0. The number of aromatic nitrogens is 2. The number of imide groups is 2. The van der Waals surface area contributed by atoms with Gasteiger partial charge >= 0.3 is 0 Å². The molecule has 18 heteroatoms. The molecule has 2 saturated heterocycles. The molecule has 52 heavy (non-hydrogen) atoms. The SMILES string of the molecule is CC1(N)CCN(c2cnc(Sc3cccc(NC(=O)CC(=O)NCCNc4ccc5c(c4)C(=O)N(C4CCC(=O)NC4=O)C5=O)c3Cl)c(N)n2)CC1. The molecule has 1 unspecified atom stereocenters. The fourth-order valence-electron chi connectivity index (χ4n) is 6.04. The second-order valence-corrected chi connectivity index (χ2v) is 14.4. The Bertz CT molecular complexity index is 1970. The lowest BCUT2D eigenvalue weighted by atomic mass is 9.91. The van der Waals surface area contributed by atoms with E-state index in [0.29, 0.717) is 27.1 Å². The van der Waals surface area contributed by atoms with E-state index in [1.54, 1.807) is 30.5 Å². The first-order chi connectivity index (χ1) is 24.8. The second kappa shape index (κ2) is 15.1. The summed E-state index contributed by atoms with van der Waals surface area (Å²) in [5, 5.41) is 11.3. The van der Waals surface area contributed by atoms with Gasteiger partial charge in [-0.25, -0.2) is 9.97 Å². The highest BCUT2D eigenvalue weighted by Gasteiger charge is 2.44. The number of carbonyl (C=O) groups excluding carboxylic acids is 6. The van der Waals surface area contributed by atoms with E-state index in [0.717, 1.165) is 30.8 Å². The lowest BCUT2D eigenvalue weighted by molar-refractivity contribution is -0.136. The van der Waals surface area contributed by atoms with Crippen LogP contribution in [0.25, 0.3) is 0 Å². The van der Waals surface area contributed by atoms with Crippen LogP contribution in [0.5, 0.6) is 0 Å². The Labute approximate surface area is 307 Å². The quantitative estimate of drug-likeness (QED) is 0.0938. The van der Waals surface area contributed by atoms with Gasteiger partial charge in [0.1, 0.15) is 23.3 Å². The number of benzene rings is 2. The number of halogens is 1. The van der Waals surface area contributed by atoms with Crippen molar-refractivity contribution in [3.8, 4) is 0 Å². The molecule has 0 radical (unpaired) electrons. The van der Waals surface area contributed by atoms with Crippen molar-refractivity contribution >= 4 is 81.8 Å². The van der Waals surface area contributed by atoms with Crippen molar-refractivity contribution in [2.75, 3.05) is 47.4 Å². The lowest BCUT2D eigenvalue weighted by Crippen LogP contribution is -2.54. The average Bonchev–Trinajstić information content (AvgIpc) is 3.34. The third kappa shape index (κ3) is 8.11. The molecule has 0 bridgehead atoms.